The normalized spacial score (nSPS) is 14.9. The second kappa shape index (κ2) is 10.8. The van der Waals surface area contributed by atoms with Crippen molar-refractivity contribution < 1.29 is 41.0 Å². The maximum Gasteiger partial charge on any atom is 0.416 e. The molecule has 10 heteroatoms. The number of carboxylic acid groups (broad SMARTS) is 1. The van der Waals surface area contributed by atoms with Gasteiger partial charge in [-0.2, -0.15) is 26.3 Å². The van der Waals surface area contributed by atoms with E-state index in [0.717, 1.165) is 37.1 Å². The summed E-state index contributed by atoms with van der Waals surface area (Å²) in [6, 6.07) is 3.61. The van der Waals surface area contributed by atoms with E-state index >= 15 is 0 Å². The molecule has 1 saturated carbocycles. The van der Waals surface area contributed by atoms with Crippen molar-refractivity contribution in [2.24, 2.45) is 5.92 Å². The molecule has 1 atom stereocenters. The molecule has 3 rings (SSSR count). The molecule has 0 aliphatic heterocycles. The van der Waals surface area contributed by atoms with Gasteiger partial charge < -0.3 is 10.4 Å². The number of benzene rings is 2. The van der Waals surface area contributed by atoms with Gasteiger partial charge >= 0.3 is 18.3 Å². The lowest BCUT2D eigenvalue weighted by atomic mass is 9.80. The summed E-state index contributed by atoms with van der Waals surface area (Å²) in [7, 11) is 0. The average Bonchev–Trinajstić information content (AvgIpc) is 3.66. The third-order valence-corrected chi connectivity index (χ3v) is 6.76. The van der Waals surface area contributed by atoms with Gasteiger partial charge in [-0.25, -0.2) is 0 Å². The van der Waals surface area contributed by atoms with Crippen LogP contribution in [0.5, 0.6) is 0 Å². The number of rotatable bonds is 10. The fraction of sp³-hybridized carbons (Fsp3) is 0.481. The van der Waals surface area contributed by atoms with Crippen molar-refractivity contribution in [1.29, 1.82) is 0 Å². The maximum absolute atomic E-state index is 14.2. The molecule has 2 aromatic rings. The van der Waals surface area contributed by atoms with Crippen LogP contribution in [0.3, 0.4) is 0 Å². The van der Waals surface area contributed by atoms with Gasteiger partial charge in [-0.1, -0.05) is 19.9 Å². The molecule has 1 aliphatic rings. The first-order valence-corrected chi connectivity index (χ1v) is 12.2. The van der Waals surface area contributed by atoms with E-state index in [9.17, 15) is 41.0 Å². The first-order valence-electron chi connectivity index (χ1n) is 12.2. The number of carboxylic acids is 1. The van der Waals surface area contributed by atoms with Crippen LogP contribution in [0.15, 0.2) is 24.3 Å². The summed E-state index contributed by atoms with van der Waals surface area (Å²) in [6.07, 6.45) is -7.78. The molecule has 4 nitrogen and oxygen atoms in total. The first-order chi connectivity index (χ1) is 17.2. The number of aliphatic carboxylic acids is 1. The van der Waals surface area contributed by atoms with E-state index in [0.29, 0.717) is 5.56 Å². The lowest BCUT2D eigenvalue weighted by molar-refractivity contribution is -0.140. The van der Waals surface area contributed by atoms with Crippen molar-refractivity contribution in [3.63, 3.8) is 0 Å². The first kappa shape index (κ1) is 28.5. The maximum atomic E-state index is 14.2. The van der Waals surface area contributed by atoms with Crippen LogP contribution in [0.25, 0.3) is 11.1 Å². The Morgan fingerprint density at radius 3 is 2.08 bits per heavy atom. The Labute approximate surface area is 211 Å². The Kier molecular flexibility index (Phi) is 8.29. The molecule has 2 N–H and O–H groups in total. The van der Waals surface area contributed by atoms with E-state index in [1.165, 1.54) is 13.8 Å². The zero-order valence-corrected chi connectivity index (χ0v) is 20.7. The third kappa shape index (κ3) is 6.27. The Hall–Kier alpha value is -3.04. The number of carbonyl (C=O) groups excluding carboxylic acids is 1. The molecule has 1 fully saturated rings. The number of Topliss-reactive ketones (excluding diaryl/α,β-unsaturated/α-hetero) is 1. The van der Waals surface area contributed by atoms with E-state index in [1.807, 2.05) is 0 Å². The van der Waals surface area contributed by atoms with Crippen LogP contribution in [0, 0.1) is 5.92 Å². The number of anilines is 1. The summed E-state index contributed by atoms with van der Waals surface area (Å²) in [4.78, 5) is 24.0. The second-order valence-electron chi connectivity index (χ2n) is 9.28. The molecular formula is C27H29F6NO3. The van der Waals surface area contributed by atoms with Crippen molar-refractivity contribution >= 4 is 17.4 Å². The van der Waals surface area contributed by atoms with E-state index in [4.69, 9.17) is 0 Å². The van der Waals surface area contributed by atoms with Crippen LogP contribution >= 0.6 is 0 Å². The fourth-order valence-electron chi connectivity index (χ4n) is 4.72. The monoisotopic (exact) mass is 529 g/mol. The van der Waals surface area contributed by atoms with Gasteiger partial charge in [-0.15, -0.1) is 0 Å². The molecule has 0 radical (unpaired) electrons. The van der Waals surface area contributed by atoms with Crippen molar-refractivity contribution in [2.75, 3.05) is 11.9 Å². The second-order valence-corrected chi connectivity index (χ2v) is 9.28. The summed E-state index contributed by atoms with van der Waals surface area (Å²) in [5.74, 6) is -2.63. The Bertz CT molecular complexity index is 1180. The van der Waals surface area contributed by atoms with Crippen LogP contribution in [0.4, 0.5) is 32.0 Å². The Morgan fingerprint density at radius 1 is 0.973 bits per heavy atom. The molecule has 0 amide bonds. The van der Waals surface area contributed by atoms with E-state index in [1.54, 1.807) is 6.92 Å². The lowest BCUT2D eigenvalue weighted by Crippen LogP contribution is -2.19. The van der Waals surface area contributed by atoms with E-state index in [-0.39, 0.29) is 65.4 Å². The zero-order valence-electron chi connectivity index (χ0n) is 20.7. The summed E-state index contributed by atoms with van der Waals surface area (Å²) >= 11 is 0. The Balaban J connectivity index is 2.26. The predicted molar refractivity (Wildman–Crippen MR) is 128 cm³/mol. The highest BCUT2D eigenvalue weighted by molar-refractivity contribution is 5.86. The van der Waals surface area contributed by atoms with Gasteiger partial charge in [0, 0.05) is 30.1 Å². The molecule has 0 spiro atoms. The molecule has 2 aromatic carbocycles. The quantitative estimate of drug-likeness (QED) is 0.313. The van der Waals surface area contributed by atoms with Crippen LogP contribution < -0.4 is 5.32 Å². The van der Waals surface area contributed by atoms with Gasteiger partial charge in [0.05, 0.1) is 17.0 Å². The smallest absolute Gasteiger partial charge is 0.416 e. The van der Waals surface area contributed by atoms with E-state index in [2.05, 4.69) is 5.32 Å². The number of nitrogens with one attached hydrogen (secondary N) is 1. The average molecular weight is 530 g/mol. The van der Waals surface area contributed by atoms with Crippen molar-refractivity contribution in [2.45, 2.75) is 71.1 Å². The van der Waals surface area contributed by atoms with E-state index < -0.39 is 35.4 Å². The Morgan fingerprint density at radius 2 is 1.59 bits per heavy atom. The van der Waals surface area contributed by atoms with Crippen molar-refractivity contribution in [3.8, 4) is 11.1 Å². The molecule has 0 unspecified atom stereocenters. The van der Waals surface area contributed by atoms with Crippen LogP contribution in [-0.2, 0) is 34.8 Å². The highest BCUT2D eigenvalue weighted by Crippen LogP contribution is 2.45. The lowest BCUT2D eigenvalue weighted by Gasteiger charge is -2.26. The summed E-state index contributed by atoms with van der Waals surface area (Å²) in [6.45, 7) is 4.48. The number of hydrogen-bond donors (Lipinski definition) is 2. The molecule has 202 valence electrons. The van der Waals surface area contributed by atoms with Crippen molar-refractivity contribution in [1.82, 2.24) is 0 Å². The van der Waals surface area contributed by atoms with Gasteiger partial charge in [0.2, 0.25) is 0 Å². The van der Waals surface area contributed by atoms with Gasteiger partial charge in [-0.05, 0) is 73.1 Å². The minimum atomic E-state index is -4.81. The predicted octanol–water partition coefficient (Wildman–Crippen LogP) is 7.49. The number of halogens is 6. The minimum absolute atomic E-state index is 0.0138. The highest BCUT2D eigenvalue weighted by Gasteiger charge is 2.38. The van der Waals surface area contributed by atoms with Gasteiger partial charge in [0.25, 0.3) is 0 Å². The standard InChI is InChI=1S/C27H29F6NO3/c1-4-17-20(13-21(27(31,32)33)18(5-2)24(17)14(3)25(36)37)19-9-8-16(26(28,29)30)12-22(19)34-11-10-23(35)15-6-7-15/h8-9,12-15,34H,4-7,10-11H2,1-3H3,(H,36,37)/t14-/m0/s1. The molecule has 1 aliphatic carbocycles. The number of alkyl halides is 6. The summed E-state index contributed by atoms with van der Waals surface area (Å²) in [5, 5.41) is 12.5. The molecule has 0 bridgehead atoms. The molecular weight excluding hydrogens is 500 g/mol. The number of carbonyl (C=O) groups is 2. The van der Waals surface area contributed by atoms with Crippen LogP contribution in [-0.4, -0.2) is 23.4 Å². The van der Waals surface area contributed by atoms with Gasteiger partial charge in [0.15, 0.2) is 0 Å². The molecule has 0 saturated heterocycles. The third-order valence-electron chi connectivity index (χ3n) is 6.76. The van der Waals surface area contributed by atoms with Gasteiger partial charge in [0.1, 0.15) is 5.78 Å². The summed E-state index contributed by atoms with van der Waals surface area (Å²) in [5.41, 5.74) is -1.77. The van der Waals surface area contributed by atoms with Crippen molar-refractivity contribution in [3.05, 3.63) is 52.1 Å². The molecule has 0 aromatic heterocycles. The van der Waals surface area contributed by atoms with Gasteiger partial charge in [-0.3, -0.25) is 9.59 Å². The number of ketones is 1. The fourth-order valence-corrected chi connectivity index (χ4v) is 4.72. The molecule has 37 heavy (non-hydrogen) atoms. The summed E-state index contributed by atoms with van der Waals surface area (Å²) < 4.78 is 82.9. The largest absolute Gasteiger partial charge is 0.481 e. The zero-order chi connectivity index (χ0) is 27.7. The highest BCUT2D eigenvalue weighted by atomic mass is 19.4. The SMILES string of the molecule is CCc1c(-c2ccc(C(F)(F)F)cc2NCCC(=O)C2CC2)cc(C(F)(F)F)c(CC)c1[C@H](C)C(=O)O. The molecule has 0 heterocycles. The van der Waals surface area contributed by atoms with Crippen LogP contribution in [0.2, 0.25) is 0 Å². The topological polar surface area (TPSA) is 66.4 Å². The minimum Gasteiger partial charge on any atom is -0.481 e. The van der Waals surface area contributed by atoms with Crippen LogP contribution in [0.1, 0.15) is 73.8 Å². The number of hydrogen-bond acceptors (Lipinski definition) is 3.